The molecule has 0 saturated carbocycles. The van der Waals surface area contributed by atoms with Gasteiger partial charge >= 0.3 is 47.5 Å². The maximum atomic E-state index is 8.25. The molecule has 0 rings (SSSR count). The van der Waals surface area contributed by atoms with Crippen molar-refractivity contribution in [2.45, 2.75) is 0 Å². The van der Waals surface area contributed by atoms with Crippen molar-refractivity contribution in [2.75, 3.05) is 0 Å². The summed E-state index contributed by atoms with van der Waals surface area (Å²) in [4.78, 5) is 41.2. The van der Waals surface area contributed by atoms with Gasteiger partial charge in [0, 0.05) is 0 Å². The fourth-order valence-electron chi connectivity index (χ4n) is 0. The van der Waals surface area contributed by atoms with Crippen LogP contribution in [0.4, 0.5) is 0 Å². The molecule has 0 radical (unpaired) electrons. The summed E-state index contributed by atoms with van der Waals surface area (Å²) in [6, 6.07) is 0. The molecule has 0 amide bonds. The first kappa shape index (κ1) is 63.2. The molecule has 18 N–H and O–H groups in total. The van der Waals surface area contributed by atoms with Gasteiger partial charge in [0.25, 0.3) is 0 Å². The first-order chi connectivity index (χ1) is 12.1. The summed E-state index contributed by atoms with van der Waals surface area (Å²) in [7, 11) is 0. The van der Waals surface area contributed by atoms with Crippen molar-refractivity contribution in [3.05, 3.63) is 76.6 Å². The molecular weight excluding hydrogens is 589 g/mol. The van der Waals surface area contributed by atoms with Gasteiger partial charge in [0.15, 0.2) is 0 Å². The summed E-state index contributed by atoms with van der Waals surface area (Å²) in [6.07, 6.45) is 0. The van der Waals surface area contributed by atoms with Crippen LogP contribution < -0.4 is 33.8 Å². The Morgan fingerprint density at radius 1 is 0.452 bits per heavy atom. The number of hydrogen-bond acceptors (Lipinski definition) is 15. The molecular formula is C2H18LaN11O17+2. The Bertz CT molecular complexity index is 323. The third-order valence-electron chi connectivity index (χ3n) is 0. The molecule has 29 heteroatoms. The van der Waals surface area contributed by atoms with Crippen LogP contribution >= 0.6 is 0 Å². The van der Waals surface area contributed by atoms with Gasteiger partial charge < -0.3 is 87.6 Å². The number of nitrogens with two attached hydrogens (primary N) is 6. The quantitative estimate of drug-likeness (QED) is 0.0489. The van der Waals surface area contributed by atoms with Gasteiger partial charge in [-0.3, -0.25) is 33.8 Å². The molecule has 0 bridgehead atoms. The Balaban J connectivity index is -0.0000000204. The van der Waals surface area contributed by atoms with Crippen LogP contribution in [0.1, 0.15) is 0 Å². The van der Waals surface area contributed by atoms with Crippen LogP contribution in [0.25, 0.3) is 0 Å². The van der Waals surface area contributed by atoms with Crippen LogP contribution in [0.15, 0.2) is 0 Å². The second-order valence-electron chi connectivity index (χ2n) is 2.12. The fraction of sp³-hybridized carbons (Fsp3) is 0. The third-order valence-corrected chi connectivity index (χ3v) is 0. The van der Waals surface area contributed by atoms with E-state index in [2.05, 4.69) is 33.8 Å². The zero-order valence-corrected chi connectivity index (χ0v) is 18.2. The van der Waals surface area contributed by atoms with Gasteiger partial charge in [0.1, 0.15) is 0 Å². The minimum Gasteiger partial charge on any atom is -0.457 e. The second kappa shape index (κ2) is 56.2. The van der Waals surface area contributed by atoms with Crippen molar-refractivity contribution in [2.24, 2.45) is 22.9 Å². The first-order valence-corrected chi connectivity index (χ1v) is 4.47. The van der Waals surface area contributed by atoms with Crippen LogP contribution in [-0.4, -0.2) is 37.4 Å². The molecule has 0 saturated heterocycles. The van der Waals surface area contributed by atoms with E-state index in [-0.39, 0.29) is 58.5 Å². The average Bonchev–Trinajstić information content (AvgIpc) is 2.20. The largest absolute Gasteiger partial charge is 3.00 e. The van der Waals surface area contributed by atoms with Gasteiger partial charge in [-0.15, -0.1) is 0 Å². The van der Waals surface area contributed by atoms with Gasteiger partial charge in [0.2, 0.25) is 0 Å². The van der Waals surface area contributed by atoms with E-state index in [1.54, 1.807) is 0 Å². The van der Waals surface area contributed by atoms with Crippen LogP contribution in [0.3, 0.4) is 0 Å². The van der Waals surface area contributed by atoms with Crippen molar-refractivity contribution in [1.82, 2.24) is 0 Å². The van der Waals surface area contributed by atoms with Crippen molar-refractivity contribution in [3.63, 3.8) is 0 Å². The predicted molar refractivity (Wildman–Crippen MR) is 92.2 cm³/mol. The Morgan fingerprint density at radius 3 is 0.452 bits per heavy atom. The smallest absolute Gasteiger partial charge is 0.457 e. The summed E-state index contributed by atoms with van der Waals surface area (Å²) in [5.41, 5.74) is 18.3. The molecule has 0 aromatic heterocycles. The molecule has 0 aliphatic carbocycles. The molecule has 0 atom stereocenters. The molecule has 0 aromatic carbocycles. The number of rotatable bonds is 0. The van der Waals surface area contributed by atoms with Crippen LogP contribution in [0, 0.1) is 112 Å². The van der Waals surface area contributed by atoms with Crippen molar-refractivity contribution in [3.8, 4) is 0 Å². The van der Waals surface area contributed by atoms with E-state index in [0.29, 0.717) is 0 Å². The zero-order valence-electron chi connectivity index (χ0n) is 14.6. The summed E-state index contributed by atoms with van der Waals surface area (Å²) in [6.45, 7) is 0. The van der Waals surface area contributed by atoms with Crippen molar-refractivity contribution in [1.29, 1.82) is 0 Å². The van der Waals surface area contributed by atoms with E-state index in [1.165, 1.54) is 0 Å². The summed E-state index contributed by atoms with van der Waals surface area (Å²) in [5.74, 6) is -0.167. The Hall–Kier alpha value is -4.35. The van der Waals surface area contributed by atoms with E-state index >= 15 is 0 Å². The number of hydrogen-bond donors (Lipinski definition) is 6. The van der Waals surface area contributed by atoms with Gasteiger partial charge in [-0.25, -0.2) is 0 Å². The van der Waals surface area contributed by atoms with E-state index in [1.807, 2.05) is 0 Å². The Kier molecular flexibility index (Phi) is 115. The van der Waals surface area contributed by atoms with Gasteiger partial charge in [-0.2, -0.15) is 0 Å². The molecule has 0 aliphatic rings. The summed E-state index contributed by atoms with van der Waals surface area (Å²) >= 11 is 0. The van der Waals surface area contributed by atoms with E-state index in [4.69, 9.17) is 76.6 Å². The van der Waals surface area contributed by atoms with Crippen LogP contribution in [0.2, 0.25) is 0 Å². The number of guanidine groups is 2. The van der Waals surface area contributed by atoms with Crippen molar-refractivity contribution < 1.29 is 82.8 Å². The average molecular weight is 607 g/mol. The minimum atomic E-state index is -1.75. The Labute approximate surface area is 194 Å². The Morgan fingerprint density at radius 2 is 0.452 bits per heavy atom. The predicted octanol–water partition coefficient (Wildman–Crippen LogP) is -9.00. The maximum Gasteiger partial charge on any atom is 3.00 e. The normalized spacial score (nSPS) is 5.42. The molecule has 0 heterocycles. The van der Waals surface area contributed by atoms with Gasteiger partial charge in [0.05, 0.1) is 25.4 Å². The van der Waals surface area contributed by atoms with E-state index in [9.17, 15) is 0 Å². The molecule has 0 aromatic rings. The van der Waals surface area contributed by atoms with E-state index < -0.39 is 25.4 Å². The maximum absolute atomic E-state index is 8.25. The standard InChI is InChI=1S/2CH5N3.La.5NO3.2H2O/c2*2-1(3)4;;5*2-1(3)4;;/h2*(H5,2,3,4);;;;;;;2*1H2/q;;+3;5*-1;;/p+4. The monoisotopic (exact) mass is 607 g/mol. The van der Waals surface area contributed by atoms with Gasteiger partial charge in [-0.1, -0.05) is 0 Å². The van der Waals surface area contributed by atoms with Gasteiger partial charge in [-0.05, 0) is 0 Å². The molecule has 0 unspecified atom stereocenters. The number of nitrogens with zero attached hydrogens (tertiary/aromatic N) is 5. The topological polar surface area (TPSA) is 552 Å². The zero-order chi connectivity index (χ0) is 25.0. The molecule has 0 spiro atoms. The molecule has 28 nitrogen and oxygen atoms in total. The summed E-state index contributed by atoms with van der Waals surface area (Å²) in [5, 5.41) is 82.9. The minimum absolute atomic E-state index is 0. The molecule has 31 heavy (non-hydrogen) atoms. The summed E-state index contributed by atoms with van der Waals surface area (Å²) < 4.78 is 0. The third kappa shape index (κ3) is 760. The second-order valence-corrected chi connectivity index (χ2v) is 2.12. The van der Waals surface area contributed by atoms with Crippen LogP contribution in [0.5, 0.6) is 0 Å². The van der Waals surface area contributed by atoms with Crippen LogP contribution in [-0.2, 0) is 11.0 Å². The SMILES string of the molecule is NC(N)=[NH2+].NC(N)=[NH2+].O=[N+]([O-])[O-].O=[N+]([O-])[O-].O=[N+]([O-])[O-].O=[N+]([O-])[O-].O=[N+]([O-])[O-].[La+3].[OH3+].[OH3+]. The molecule has 184 valence electrons. The van der Waals surface area contributed by atoms with Crippen molar-refractivity contribution >= 4 is 11.9 Å². The fourth-order valence-corrected chi connectivity index (χ4v) is 0. The molecule has 0 aliphatic heterocycles. The van der Waals surface area contributed by atoms with E-state index in [0.717, 1.165) is 0 Å². The molecule has 0 fully saturated rings. The first-order valence-electron chi connectivity index (χ1n) is 4.47.